The van der Waals surface area contributed by atoms with Gasteiger partial charge in [-0.2, -0.15) is 0 Å². The molecular formula is C13H16N2O3. The van der Waals surface area contributed by atoms with Crippen LogP contribution in [0.25, 0.3) is 0 Å². The summed E-state index contributed by atoms with van der Waals surface area (Å²) in [6.45, 7) is -0.170. The number of aliphatic hydroxyl groups excluding tert-OH is 1. The Morgan fingerprint density at radius 1 is 1.44 bits per heavy atom. The molecule has 1 aliphatic heterocycles. The van der Waals surface area contributed by atoms with Gasteiger partial charge >= 0.3 is 0 Å². The van der Waals surface area contributed by atoms with Gasteiger partial charge in [-0.15, -0.1) is 0 Å². The van der Waals surface area contributed by atoms with Crippen LogP contribution in [0.5, 0.6) is 0 Å². The van der Waals surface area contributed by atoms with Gasteiger partial charge in [0.05, 0.1) is 12.6 Å². The van der Waals surface area contributed by atoms with Gasteiger partial charge < -0.3 is 15.7 Å². The van der Waals surface area contributed by atoms with Gasteiger partial charge in [-0.25, -0.2) is 0 Å². The number of nitrogens with one attached hydrogen (secondary N) is 2. The number of carbonyl (C=O) groups excluding carboxylic acids is 2. The van der Waals surface area contributed by atoms with Crippen LogP contribution in [0.3, 0.4) is 0 Å². The third kappa shape index (κ3) is 2.87. The van der Waals surface area contributed by atoms with Crippen molar-refractivity contribution >= 4 is 11.8 Å². The Morgan fingerprint density at radius 2 is 2.17 bits per heavy atom. The quantitative estimate of drug-likeness (QED) is 0.708. The maximum atomic E-state index is 11.9. The average molecular weight is 248 g/mol. The first-order valence-corrected chi connectivity index (χ1v) is 5.96. The van der Waals surface area contributed by atoms with E-state index in [0.717, 1.165) is 5.56 Å². The van der Waals surface area contributed by atoms with Gasteiger partial charge in [-0.05, 0) is 12.0 Å². The molecule has 3 N–H and O–H groups in total. The highest BCUT2D eigenvalue weighted by molar-refractivity contribution is 5.90. The maximum absolute atomic E-state index is 11.9. The Bertz CT molecular complexity index is 433. The van der Waals surface area contributed by atoms with E-state index in [0.29, 0.717) is 12.8 Å². The molecule has 5 heteroatoms. The number of hydrogen-bond donors (Lipinski definition) is 3. The van der Waals surface area contributed by atoms with E-state index >= 15 is 0 Å². The van der Waals surface area contributed by atoms with E-state index in [4.69, 9.17) is 0 Å². The van der Waals surface area contributed by atoms with Crippen LogP contribution in [-0.2, 0) is 9.59 Å². The fourth-order valence-corrected chi connectivity index (χ4v) is 2.00. The molecule has 0 bridgehead atoms. The minimum absolute atomic E-state index is 0.101. The third-order valence-corrected chi connectivity index (χ3v) is 3.01. The van der Waals surface area contributed by atoms with E-state index in [2.05, 4.69) is 10.6 Å². The molecule has 2 unspecified atom stereocenters. The summed E-state index contributed by atoms with van der Waals surface area (Å²) in [5, 5.41) is 14.7. The molecule has 1 aromatic rings. The van der Waals surface area contributed by atoms with Crippen molar-refractivity contribution in [1.29, 1.82) is 0 Å². The van der Waals surface area contributed by atoms with E-state index in [1.807, 2.05) is 30.3 Å². The molecule has 2 amide bonds. The summed E-state index contributed by atoms with van der Waals surface area (Å²) in [5.41, 5.74) is 0.845. The molecular weight excluding hydrogens is 232 g/mol. The van der Waals surface area contributed by atoms with Crippen molar-refractivity contribution in [2.75, 3.05) is 6.61 Å². The maximum Gasteiger partial charge on any atom is 0.243 e. The van der Waals surface area contributed by atoms with Crippen molar-refractivity contribution in [3.05, 3.63) is 35.9 Å². The van der Waals surface area contributed by atoms with Crippen LogP contribution in [0.1, 0.15) is 24.4 Å². The van der Waals surface area contributed by atoms with Crippen molar-refractivity contribution in [1.82, 2.24) is 10.6 Å². The summed E-state index contributed by atoms with van der Waals surface area (Å²) in [6, 6.07) is 8.34. The molecule has 0 radical (unpaired) electrons. The zero-order valence-corrected chi connectivity index (χ0v) is 9.93. The van der Waals surface area contributed by atoms with Gasteiger partial charge in [0.15, 0.2) is 0 Å². The summed E-state index contributed by atoms with van der Waals surface area (Å²) in [6.07, 6.45) is 0.894. The fraction of sp³-hybridized carbons (Fsp3) is 0.385. The van der Waals surface area contributed by atoms with Gasteiger partial charge in [0, 0.05) is 6.42 Å². The van der Waals surface area contributed by atoms with Crippen LogP contribution < -0.4 is 10.6 Å². The predicted octanol–water partition coefficient (Wildman–Crippen LogP) is 0.115. The Hall–Kier alpha value is -1.88. The molecule has 1 heterocycles. The van der Waals surface area contributed by atoms with Gasteiger partial charge in [-0.1, -0.05) is 30.3 Å². The average Bonchev–Trinajstić information content (AvgIpc) is 2.83. The molecule has 1 saturated heterocycles. The van der Waals surface area contributed by atoms with Gasteiger partial charge in [0.1, 0.15) is 6.04 Å². The van der Waals surface area contributed by atoms with Crippen LogP contribution >= 0.6 is 0 Å². The van der Waals surface area contributed by atoms with Crippen molar-refractivity contribution in [3.63, 3.8) is 0 Å². The highest BCUT2D eigenvalue weighted by Crippen LogP contribution is 2.13. The number of carbonyl (C=O) groups is 2. The number of benzene rings is 1. The summed E-state index contributed by atoms with van der Waals surface area (Å²) in [7, 11) is 0. The van der Waals surface area contributed by atoms with E-state index in [-0.39, 0.29) is 18.4 Å². The highest BCUT2D eigenvalue weighted by atomic mass is 16.3. The number of rotatable bonds is 4. The SMILES string of the molecule is O=C1CCC(C(=O)NC(CO)c2ccccc2)N1. The first-order valence-electron chi connectivity index (χ1n) is 5.96. The topological polar surface area (TPSA) is 78.4 Å². The zero-order valence-electron chi connectivity index (χ0n) is 9.93. The van der Waals surface area contributed by atoms with Crippen molar-refractivity contribution in [2.45, 2.75) is 24.9 Å². The third-order valence-electron chi connectivity index (χ3n) is 3.01. The Labute approximate surface area is 105 Å². The molecule has 1 fully saturated rings. The number of aliphatic hydroxyl groups is 1. The molecule has 96 valence electrons. The second-order valence-electron chi connectivity index (χ2n) is 4.31. The standard InChI is InChI=1S/C13H16N2O3/c16-8-11(9-4-2-1-3-5-9)15-13(18)10-6-7-12(17)14-10/h1-5,10-11,16H,6-8H2,(H,14,17)(H,15,18). The molecule has 0 saturated carbocycles. The van der Waals surface area contributed by atoms with Crippen LogP contribution in [0.2, 0.25) is 0 Å². The Morgan fingerprint density at radius 3 is 2.72 bits per heavy atom. The van der Waals surface area contributed by atoms with Gasteiger partial charge in [0.25, 0.3) is 0 Å². The molecule has 1 aromatic carbocycles. The first kappa shape index (κ1) is 12.6. The van der Waals surface area contributed by atoms with Crippen LogP contribution in [0.4, 0.5) is 0 Å². The van der Waals surface area contributed by atoms with Gasteiger partial charge in [-0.3, -0.25) is 9.59 Å². The normalized spacial score (nSPS) is 20.3. The lowest BCUT2D eigenvalue weighted by Gasteiger charge is -2.19. The molecule has 2 atom stereocenters. The van der Waals surface area contributed by atoms with Gasteiger partial charge in [0.2, 0.25) is 11.8 Å². The lowest BCUT2D eigenvalue weighted by atomic mass is 10.1. The Balaban J connectivity index is 1.98. The number of amides is 2. The summed E-state index contributed by atoms with van der Waals surface area (Å²) >= 11 is 0. The van der Waals surface area contributed by atoms with E-state index in [1.54, 1.807) is 0 Å². The van der Waals surface area contributed by atoms with Crippen LogP contribution in [-0.4, -0.2) is 29.6 Å². The predicted molar refractivity (Wildman–Crippen MR) is 65.6 cm³/mol. The molecule has 0 aromatic heterocycles. The number of hydrogen-bond acceptors (Lipinski definition) is 3. The molecule has 0 aliphatic carbocycles. The largest absolute Gasteiger partial charge is 0.394 e. The highest BCUT2D eigenvalue weighted by Gasteiger charge is 2.28. The van der Waals surface area contributed by atoms with Crippen molar-refractivity contribution in [3.8, 4) is 0 Å². The Kier molecular flexibility index (Phi) is 3.94. The summed E-state index contributed by atoms with van der Waals surface area (Å²) < 4.78 is 0. The van der Waals surface area contributed by atoms with Crippen LogP contribution in [0, 0.1) is 0 Å². The summed E-state index contributed by atoms with van der Waals surface area (Å²) in [4.78, 5) is 22.9. The van der Waals surface area contributed by atoms with E-state index in [9.17, 15) is 14.7 Å². The molecule has 5 nitrogen and oxygen atoms in total. The van der Waals surface area contributed by atoms with Crippen molar-refractivity contribution < 1.29 is 14.7 Å². The lowest BCUT2D eigenvalue weighted by Crippen LogP contribution is -2.43. The first-order chi connectivity index (χ1) is 8.70. The van der Waals surface area contributed by atoms with Crippen molar-refractivity contribution in [2.24, 2.45) is 0 Å². The summed E-state index contributed by atoms with van der Waals surface area (Å²) in [5.74, 6) is -0.348. The molecule has 0 spiro atoms. The fourth-order valence-electron chi connectivity index (χ4n) is 2.00. The monoisotopic (exact) mass is 248 g/mol. The minimum atomic E-state index is -0.477. The van der Waals surface area contributed by atoms with E-state index < -0.39 is 12.1 Å². The second kappa shape index (κ2) is 5.64. The van der Waals surface area contributed by atoms with E-state index in [1.165, 1.54) is 0 Å². The molecule has 1 aliphatic rings. The second-order valence-corrected chi connectivity index (χ2v) is 4.31. The minimum Gasteiger partial charge on any atom is -0.394 e. The zero-order chi connectivity index (χ0) is 13.0. The smallest absolute Gasteiger partial charge is 0.243 e. The lowest BCUT2D eigenvalue weighted by molar-refractivity contribution is -0.126. The van der Waals surface area contributed by atoms with Crippen LogP contribution in [0.15, 0.2) is 30.3 Å². The molecule has 18 heavy (non-hydrogen) atoms. The molecule has 2 rings (SSSR count).